The normalized spacial score (nSPS) is 12.2. The van der Waals surface area contributed by atoms with Gasteiger partial charge in [0.15, 0.2) is 0 Å². The number of halogens is 1. The van der Waals surface area contributed by atoms with Crippen LogP contribution in [0.1, 0.15) is 0 Å². The van der Waals surface area contributed by atoms with Gasteiger partial charge in [0.1, 0.15) is 5.82 Å². The fourth-order valence-electron chi connectivity index (χ4n) is 2.21. The standard InChI is InChI=1S/C15H13FN6O7S4/c16-9-1-5-11(6-2-9)32(26,27)21-13(23)18-10-3-7-12(8-4-10)33(28,29)22-14-19-20-15(30-14)31(17,24)25/h1-8H,(H,19,22)(H2,17,24,25)(H2,18,21,23). The van der Waals surface area contributed by atoms with Crippen molar-refractivity contribution in [1.82, 2.24) is 14.9 Å². The van der Waals surface area contributed by atoms with E-state index in [2.05, 4.69) is 15.5 Å². The van der Waals surface area contributed by atoms with Crippen molar-refractivity contribution in [3.05, 3.63) is 54.3 Å². The van der Waals surface area contributed by atoms with Gasteiger partial charge in [-0.25, -0.2) is 44.3 Å². The van der Waals surface area contributed by atoms with Gasteiger partial charge in [-0.2, -0.15) is 0 Å². The summed E-state index contributed by atoms with van der Waals surface area (Å²) in [7, 11) is -12.6. The number of carbonyl (C=O) groups is 1. The molecular formula is C15H13FN6O7S4. The number of amides is 2. The first-order chi connectivity index (χ1) is 15.3. The molecule has 0 unspecified atom stereocenters. The van der Waals surface area contributed by atoms with Crippen LogP contribution in [0.25, 0.3) is 0 Å². The van der Waals surface area contributed by atoms with E-state index in [-0.39, 0.29) is 20.6 Å². The lowest BCUT2D eigenvalue weighted by Gasteiger charge is -2.10. The predicted molar refractivity (Wildman–Crippen MR) is 114 cm³/mol. The summed E-state index contributed by atoms with van der Waals surface area (Å²) in [5.74, 6) is -0.654. The first-order valence-corrected chi connectivity index (χ1v) is 13.7. The van der Waals surface area contributed by atoms with Crippen molar-refractivity contribution in [3.8, 4) is 0 Å². The monoisotopic (exact) mass is 536 g/mol. The van der Waals surface area contributed by atoms with E-state index in [0.29, 0.717) is 11.3 Å². The number of nitrogens with zero attached hydrogens (tertiary/aromatic N) is 2. The van der Waals surface area contributed by atoms with Crippen LogP contribution in [0.3, 0.4) is 0 Å². The number of rotatable bonds is 7. The summed E-state index contributed by atoms with van der Waals surface area (Å²) in [6, 6.07) is 7.17. The molecule has 2 amide bonds. The van der Waals surface area contributed by atoms with Crippen molar-refractivity contribution < 1.29 is 34.4 Å². The largest absolute Gasteiger partial charge is 0.333 e. The average Bonchev–Trinajstić information content (AvgIpc) is 3.16. The van der Waals surface area contributed by atoms with Crippen LogP contribution in [-0.4, -0.2) is 41.5 Å². The number of sulfonamides is 3. The number of benzene rings is 2. The lowest BCUT2D eigenvalue weighted by atomic mass is 10.3. The number of anilines is 2. The van der Waals surface area contributed by atoms with E-state index in [0.717, 1.165) is 36.4 Å². The minimum absolute atomic E-state index is 0.0492. The quantitative estimate of drug-likeness (QED) is 0.333. The van der Waals surface area contributed by atoms with Gasteiger partial charge in [-0.05, 0) is 48.5 Å². The van der Waals surface area contributed by atoms with E-state index in [1.54, 1.807) is 4.72 Å². The number of aromatic nitrogens is 2. The summed E-state index contributed by atoms with van der Waals surface area (Å²) in [6.45, 7) is 0. The minimum Gasteiger partial charge on any atom is -0.307 e. The molecule has 1 aromatic heterocycles. The molecular weight excluding hydrogens is 523 g/mol. The van der Waals surface area contributed by atoms with Gasteiger partial charge in [0.25, 0.3) is 30.1 Å². The molecule has 0 aliphatic carbocycles. The number of nitrogens with two attached hydrogens (primary N) is 1. The molecule has 0 bridgehead atoms. The molecule has 18 heteroatoms. The second-order valence-corrected chi connectivity index (χ2v) is 12.1. The Labute approximate surface area is 191 Å². The number of primary sulfonamides is 1. The Hall–Kier alpha value is -3.19. The SMILES string of the molecule is NS(=O)(=O)c1nnc(NS(=O)(=O)c2ccc(NC(=O)NS(=O)(=O)c3ccc(F)cc3)cc2)s1. The maximum Gasteiger partial charge on any atom is 0.333 e. The van der Waals surface area contributed by atoms with Crippen molar-refractivity contribution in [1.29, 1.82) is 0 Å². The van der Waals surface area contributed by atoms with Crippen LogP contribution in [0.5, 0.6) is 0 Å². The number of carbonyl (C=O) groups excluding carboxylic acids is 1. The van der Waals surface area contributed by atoms with E-state index in [9.17, 15) is 34.4 Å². The third-order valence-electron chi connectivity index (χ3n) is 3.65. The van der Waals surface area contributed by atoms with Gasteiger partial charge in [-0.3, -0.25) is 4.72 Å². The number of urea groups is 1. The molecule has 0 atom stereocenters. The molecule has 2 aromatic carbocycles. The molecule has 0 radical (unpaired) electrons. The average molecular weight is 537 g/mol. The highest BCUT2D eigenvalue weighted by Gasteiger charge is 2.21. The molecule has 3 aromatic rings. The smallest absolute Gasteiger partial charge is 0.307 e. The Morgan fingerprint density at radius 1 is 0.848 bits per heavy atom. The number of hydrogen-bond donors (Lipinski definition) is 4. The van der Waals surface area contributed by atoms with Gasteiger partial charge in [0, 0.05) is 5.69 Å². The van der Waals surface area contributed by atoms with Gasteiger partial charge in [-0.1, -0.05) is 11.3 Å². The van der Waals surface area contributed by atoms with Crippen LogP contribution in [-0.2, 0) is 30.1 Å². The van der Waals surface area contributed by atoms with E-state index >= 15 is 0 Å². The third-order valence-corrected chi connectivity index (χ3v) is 8.62. The van der Waals surface area contributed by atoms with Gasteiger partial charge < -0.3 is 5.32 Å². The molecule has 3 rings (SSSR count). The van der Waals surface area contributed by atoms with Crippen LogP contribution in [0, 0.1) is 5.82 Å². The molecule has 0 fully saturated rings. The van der Waals surface area contributed by atoms with Crippen molar-refractivity contribution in [2.45, 2.75) is 14.1 Å². The highest BCUT2D eigenvalue weighted by atomic mass is 32.2. The van der Waals surface area contributed by atoms with Crippen LogP contribution < -0.4 is 19.9 Å². The molecule has 0 spiro atoms. The van der Waals surface area contributed by atoms with E-state index in [1.165, 1.54) is 12.1 Å². The zero-order chi connectivity index (χ0) is 24.4. The van der Waals surface area contributed by atoms with Crippen molar-refractivity contribution in [3.63, 3.8) is 0 Å². The van der Waals surface area contributed by atoms with Crippen molar-refractivity contribution in [2.75, 3.05) is 10.0 Å². The number of nitrogens with one attached hydrogen (secondary N) is 3. The molecule has 5 N–H and O–H groups in total. The Bertz CT molecular complexity index is 1500. The fourth-order valence-corrected chi connectivity index (χ4v) is 5.68. The molecule has 0 aliphatic rings. The first kappa shape index (κ1) is 24.5. The van der Waals surface area contributed by atoms with E-state index in [4.69, 9.17) is 5.14 Å². The maximum atomic E-state index is 12.9. The summed E-state index contributed by atoms with van der Waals surface area (Å²) in [5, 5.41) is 13.4. The van der Waals surface area contributed by atoms with Gasteiger partial charge >= 0.3 is 6.03 Å². The molecule has 0 aliphatic heterocycles. The Balaban J connectivity index is 1.67. The maximum absolute atomic E-state index is 12.9. The summed E-state index contributed by atoms with van der Waals surface area (Å²) in [4.78, 5) is 11.4. The summed E-state index contributed by atoms with van der Waals surface area (Å²) < 4.78 is 87.6. The summed E-state index contributed by atoms with van der Waals surface area (Å²) in [6.07, 6.45) is 0. The molecule has 0 saturated carbocycles. The second kappa shape index (κ2) is 8.98. The minimum atomic E-state index is -4.27. The lowest BCUT2D eigenvalue weighted by molar-refractivity contribution is 0.256. The zero-order valence-corrected chi connectivity index (χ0v) is 19.2. The van der Waals surface area contributed by atoms with Crippen molar-refractivity contribution in [2.24, 2.45) is 5.14 Å². The van der Waals surface area contributed by atoms with Crippen LogP contribution in [0.15, 0.2) is 62.7 Å². The molecule has 33 heavy (non-hydrogen) atoms. The summed E-state index contributed by atoms with van der Waals surface area (Å²) in [5.41, 5.74) is 0.0492. The van der Waals surface area contributed by atoms with E-state index in [1.807, 2.05) is 4.72 Å². The van der Waals surface area contributed by atoms with Gasteiger partial charge in [0.05, 0.1) is 9.79 Å². The van der Waals surface area contributed by atoms with Crippen LogP contribution in [0.4, 0.5) is 20.0 Å². The van der Waals surface area contributed by atoms with Crippen molar-refractivity contribution >= 4 is 58.3 Å². The fraction of sp³-hybridized carbons (Fsp3) is 0. The van der Waals surface area contributed by atoms with Crippen LogP contribution >= 0.6 is 11.3 Å². The Morgan fingerprint density at radius 3 is 1.94 bits per heavy atom. The second-order valence-electron chi connectivity index (χ2n) is 6.06. The third kappa shape index (κ3) is 6.20. The van der Waals surface area contributed by atoms with Gasteiger partial charge in [-0.15, -0.1) is 10.2 Å². The first-order valence-electron chi connectivity index (χ1n) is 8.35. The van der Waals surface area contributed by atoms with Gasteiger partial charge in [0.2, 0.25) is 9.47 Å². The topological polar surface area (TPSA) is 207 Å². The molecule has 176 valence electrons. The van der Waals surface area contributed by atoms with E-state index < -0.39 is 46.3 Å². The number of hydrogen-bond acceptors (Lipinski definition) is 10. The molecule has 0 saturated heterocycles. The molecule has 13 nitrogen and oxygen atoms in total. The molecule has 1 heterocycles. The Kier molecular flexibility index (Phi) is 6.65. The summed E-state index contributed by atoms with van der Waals surface area (Å²) >= 11 is 0.409. The zero-order valence-electron chi connectivity index (χ0n) is 16.0. The highest BCUT2D eigenvalue weighted by molar-refractivity contribution is 7.93. The lowest BCUT2D eigenvalue weighted by Crippen LogP contribution is -2.34. The van der Waals surface area contributed by atoms with Crippen LogP contribution in [0.2, 0.25) is 0 Å². The predicted octanol–water partition coefficient (Wildman–Crippen LogP) is 0.636. The Morgan fingerprint density at radius 2 is 1.39 bits per heavy atom. The highest BCUT2D eigenvalue weighted by Crippen LogP contribution is 2.23.